The van der Waals surface area contributed by atoms with Gasteiger partial charge in [-0.25, -0.2) is 13.4 Å². The molecule has 1 aliphatic carbocycles. The smallest absolute Gasteiger partial charge is 0.238 e. The van der Waals surface area contributed by atoms with Gasteiger partial charge in [-0.15, -0.1) is 0 Å². The first kappa shape index (κ1) is 11.3. The molecule has 17 heavy (non-hydrogen) atoms. The normalized spacial score (nSPS) is 19.7. The SMILES string of the molecule is O=S(=O)(C1CC1)N1CCOc2ncc(Br)cc21. The topological polar surface area (TPSA) is 59.5 Å². The van der Waals surface area contributed by atoms with Gasteiger partial charge < -0.3 is 4.74 Å². The van der Waals surface area contributed by atoms with Gasteiger partial charge in [0.15, 0.2) is 0 Å². The van der Waals surface area contributed by atoms with Crippen LogP contribution in [-0.4, -0.2) is 31.8 Å². The van der Waals surface area contributed by atoms with E-state index < -0.39 is 10.0 Å². The molecular formula is C10H11BrN2O3S. The van der Waals surface area contributed by atoms with Crippen LogP contribution < -0.4 is 9.04 Å². The van der Waals surface area contributed by atoms with Crippen LogP contribution in [0.1, 0.15) is 12.8 Å². The second-order valence-corrected chi connectivity index (χ2v) is 7.20. The average molecular weight is 319 g/mol. The molecule has 1 saturated carbocycles. The Morgan fingerprint density at radius 1 is 1.47 bits per heavy atom. The number of ether oxygens (including phenoxy) is 1. The molecule has 1 fully saturated rings. The summed E-state index contributed by atoms with van der Waals surface area (Å²) in [6.07, 6.45) is 3.12. The van der Waals surface area contributed by atoms with Crippen molar-refractivity contribution in [1.82, 2.24) is 4.98 Å². The molecule has 1 aliphatic heterocycles. The molecule has 3 rings (SSSR count). The Kier molecular flexibility index (Phi) is 2.55. The number of anilines is 1. The highest BCUT2D eigenvalue weighted by Crippen LogP contribution is 2.39. The van der Waals surface area contributed by atoms with E-state index in [1.165, 1.54) is 4.31 Å². The van der Waals surface area contributed by atoms with Crippen LogP contribution in [0.3, 0.4) is 0 Å². The third-order valence-electron chi connectivity index (χ3n) is 2.85. The summed E-state index contributed by atoms with van der Waals surface area (Å²) in [5.41, 5.74) is 0.539. The number of aromatic nitrogens is 1. The van der Waals surface area contributed by atoms with Crippen LogP contribution in [0, 0.1) is 0 Å². The van der Waals surface area contributed by atoms with E-state index in [1.54, 1.807) is 12.3 Å². The van der Waals surface area contributed by atoms with E-state index in [0.717, 1.165) is 17.3 Å². The lowest BCUT2D eigenvalue weighted by Gasteiger charge is -2.29. The summed E-state index contributed by atoms with van der Waals surface area (Å²) in [6.45, 7) is 0.720. The highest BCUT2D eigenvalue weighted by molar-refractivity contribution is 9.10. The molecule has 1 aromatic rings. The minimum atomic E-state index is -3.23. The van der Waals surface area contributed by atoms with Crippen molar-refractivity contribution >= 4 is 31.6 Å². The average Bonchev–Trinajstić information content (AvgIpc) is 3.12. The standard InChI is InChI=1S/C10H11BrN2O3S/c11-7-5-9-10(12-6-7)16-4-3-13(9)17(14,15)8-1-2-8/h5-6,8H,1-4H2. The Bertz CT molecular complexity index is 557. The van der Waals surface area contributed by atoms with Crippen molar-refractivity contribution in [1.29, 1.82) is 0 Å². The van der Waals surface area contributed by atoms with Crippen molar-refractivity contribution < 1.29 is 13.2 Å². The fourth-order valence-corrected chi connectivity index (χ4v) is 4.01. The lowest BCUT2D eigenvalue weighted by molar-refractivity contribution is 0.303. The molecule has 0 aromatic carbocycles. The second kappa shape index (κ2) is 3.84. The molecule has 0 unspecified atom stereocenters. The molecule has 7 heteroatoms. The molecule has 2 aliphatic rings. The monoisotopic (exact) mass is 318 g/mol. The largest absolute Gasteiger partial charge is 0.474 e. The summed E-state index contributed by atoms with van der Waals surface area (Å²) < 4.78 is 32.0. The van der Waals surface area contributed by atoms with E-state index >= 15 is 0 Å². The van der Waals surface area contributed by atoms with Crippen molar-refractivity contribution in [3.05, 3.63) is 16.7 Å². The number of hydrogen-bond donors (Lipinski definition) is 0. The van der Waals surface area contributed by atoms with E-state index in [9.17, 15) is 8.42 Å². The number of halogens is 1. The van der Waals surface area contributed by atoms with Crippen molar-refractivity contribution in [2.45, 2.75) is 18.1 Å². The summed E-state index contributed by atoms with van der Waals surface area (Å²) in [5.74, 6) is 0.392. The molecule has 0 spiro atoms. The molecule has 92 valence electrons. The third kappa shape index (κ3) is 1.91. The quantitative estimate of drug-likeness (QED) is 0.829. The minimum Gasteiger partial charge on any atom is -0.474 e. The van der Waals surface area contributed by atoms with Crippen LogP contribution in [-0.2, 0) is 10.0 Å². The third-order valence-corrected chi connectivity index (χ3v) is 5.59. The maximum absolute atomic E-state index is 12.2. The molecule has 0 atom stereocenters. The van der Waals surface area contributed by atoms with Crippen molar-refractivity contribution in [2.24, 2.45) is 0 Å². The van der Waals surface area contributed by atoms with Gasteiger partial charge in [-0.1, -0.05) is 0 Å². The van der Waals surface area contributed by atoms with Gasteiger partial charge in [-0.2, -0.15) is 0 Å². The Morgan fingerprint density at radius 2 is 2.24 bits per heavy atom. The molecule has 2 heterocycles. The Hall–Kier alpha value is -0.820. The first-order valence-electron chi connectivity index (χ1n) is 5.39. The number of nitrogens with zero attached hydrogens (tertiary/aromatic N) is 2. The predicted molar refractivity (Wildman–Crippen MR) is 66.7 cm³/mol. The summed E-state index contributed by atoms with van der Waals surface area (Å²) in [7, 11) is -3.23. The summed E-state index contributed by atoms with van der Waals surface area (Å²) in [4.78, 5) is 4.09. The van der Waals surface area contributed by atoms with E-state index in [4.69, 9.17) is 4.74 Å². The zero-order valence-corrected chi connectivity index (χ0v) is 11.4. The second-order valence-electron chi connectivity index (χ2n) is 4.14. The van der Waals surface area contributed by atoms with Crippen molar-refractivity contribution in [2.75, 3.05) is 17.5 Å². The van der Waals surface area contributed by atoms with Gasteiger partial charge in [0.2, 0.25) is 15.9 Å². The summed E-state index contributed by atoms with van der Waals surface area (Å²) in [6, 6.07) is 1.74. The van der Waals surface area contributed by atoms with Gasteiger partial charge in [0.1, 0.15) is 12.3 Å². The lowest BCUT2D eigenvalue weighted by atomic mass is 10.3. The molecule has 0 saturated heterocycles. The van der Waals surface area contributed by atoms with Gasteiger partial charge >= 0.3 is 0 Å². The molecule has 1 aromatic heterocycles. The van der Waals surface area contributed by atoms with Gasteiger partial charge in [-0.05, 0) is 34.8 Å². The van der Waals surface area contributed by atoms with Crippen LogP contribution in [0.5, 0.6) is 5.88 Å². The van der Waals surface area contributed by atoms with E-state index in [0.29, 0.717) is 24.7 Å². The first-order chi connectivity index (χ1) is 8.09. The highest BCUT2D eigenvalue weighted by atomic mass is 79.9. The van der Waals surface area contributed by atoms with Gasteiger partial charge in [0.25, 0.3) is 0 Å². The highest BCUT2D eigenvalue weighted by Gasteiger charge is 2.42. The maximum Gasteiger partial charge on any atom is 0.238 e. The number of pyridine rings is 1. The summed E-state index contributed by atoms with van der Waals surface area (Å²) >= 11 is 3.30. The number of fused-ring (bicyclic) bond motifs is 1. The first-order valence-corrected chi connectivity index (χ1v) is 7.68. The lowest BCUT2D eigenvalue weighted by Crippen LogP contribution is -2.40. The molecular weight excluding hydrogens is 308 g/mol. The predicted octanol–water partition coefficient (Wildman–Crippen LogP) is 1.54. The minimum absolute atomic E-state index is 0.215. The zero-order chi connectivity index (χ0) is 12.0. The van der Waals surface area contributed by atoms with Crippen LogP contribution in [0.4, 0.5) is 5.69 Å². The van der Waals surface area contributed by atoms with Crippen LogP contribution in [0.2, 0.25) is 0 Å². The molecule has 0 N–H and O–H groups in total. The molecule has 0 amide bonds. The fraction of sp³-hybridized carbons (Fsp3) is 0.500. The number of rotatable bonds is 2. The van der Waals surface area contributed by atoms with Gasteiger partial charge in [-0.3, -0.25) is 4.31 Å². The molecule has 0 radical (unpaired) electrons. The van der Waals surface area contributed by atoms with Crippen LogP contribution in [0.15, 0.2) is 16.7 Å². The van der Waals surface area contributed by atoms with Crippen molar-refractivity contribution in [3.8, 4) is 5.88 Å². The van der Waals surface area contributed by atoms with Gasteiger partial charge in [0.05, 0.1) is 11.8 Å². The van der Waals surface area contributed by atoms with Crippen LogP contribution >= 0.6 is 15.9 Å². The Balaban J connectivity index is 2.07. The number of hydrogen-bond acceptors (Lipinski definition) is 4. The van der Waals surface area contributed by atoms with Crippen LogP contribution in [0.25, 0.3) is 0 Å². The van der Waals surface area contributed by atoms with E-state index in [-0.39, 0.29) is 5.25 Å². The van der Waals surface area contributed by atoms with E-state index in [1.807, 2.05) is 0 Å². The number of sulfonamides is 1. The Morgan fingerprint density at radius 3 is 2.94 bits per heavy atom. The fourth-order valence-electron chi connectivity index (χ4n) is 1.86. The zero-order valence-electron chi connectivity index (χ0n) is 8.97. The van der Waals surface area contributed by atoms with E-state index in [2.05, 4.69) is 20.9 Å². The molecule has 5 nitrogen and oxygen atoms in total. The summed E-state index contributed by atoms with van der Waals surface area (Å²) in [5, 5.41) is -0.215. The maximum atomic E-state index is 12.2. The van der Waals surface area contributed by atoms with Crippen molar-refractivity contribution in [3.63, 3.8) is 0 Å². The molecule has 0 bridgehead atoms. The van der Waals surface area contributed by atoms with Gasteiger partial charge in [0, 0.05) is 10.7 Å². The Labute approximate surface area is 108 Å².